The third-order valence-electron chi connectivity index (χ3n) is 4.75. The molecule has 1 unspecified atom stereocenters. The maximum Gasteiger partial charge on any atom is 0.250 e. The van der Waals surface area contributed by atoms with Gasteiger partial charge in [0.1, 0.15) is 35.6 Å². The largest absolute Gasteiger partial charge is 0.418 e. The molecule has 1 aromatic carbocycles. The quantitative estimate of drug-likeness (QED) is 0.439. The van der Waals surface area contributed by atoms with E-state index in [9.17, 15) is 4.39 Å². The molecule has 9 nitrogen and oxygen atoms in total. The van der Waals surface area contributed by atoms with Gasteiger partial charge < -0.3 is 4.42 Å². The molecular formula is C21H13FN8O. The van der Waals surface area contributed by atoms with E-state index in [1.807, 2.05) is 13.0 Å². The van der Waals surface area contributed by atoms with Crippen LogP contribution in [0, 0.1) is 17.1 Å². The maximum absolute atomic E-state index is 14.1. The van der Waals surface area contributed by atoms with E-state index < -0.39 is 11.9 Å². The van der Waals surface area contributed by atoms with Crippen molar-refractivity contribution in [3.63, 3.8) is 0 Å². The lowest BCUT2D eigenvalue weighted by Crippen LogP contribution is -2.10. The molecule has 150 valence electrons. The summed E-state index contributed by atoms with van der Waals surface area (Å²) in [4.78, 5) is 12.8. The zero-order valence-corrected chi connectivity index (χ0v) is 16.1. The number of hydrogen-bond donors (Lipinski definition) is 0. The summed E-state index contributed by atoms with van der Waals surface area (Å²) in [6.45, 7) is 1.82. The van der Waals surface area contributed by atoms with E-state index in [2.05, 4.69) is 30.2 Å². The Morgan fingerprint density at radius 2 is 2.00 bits per heavy atom. The second-order valence-electron chi connectivity index (χ2n) is 6.67. The molecule has 31 heavy (non-hydrogen) atoms. The van der Waals surface area contributed by atoms with Crippen molar-refractivity contribution in [3.8, 4) is 28.9 Å². The van der Waals surface area contributed by atoms with Crippen LogP contribution in [0.1, 0.15) is 24.6 Å². The predicted octanol–water partition coefficient (Wildman–Crippen LogP) is 3.56. The molecule has 0 N–H and O–H groups in total. The van der Waals surface area contributed by atoms with Crippen molar-refractivity contribution in [1.29, 1.82) is 5.26 Å². The van der Waals surface area contributed by atoms with Crippen LogP contribution in [0.5, 0.6) is 0 Å². The smallest absolute Gasteiger partial charge is 0.250 e. The second kappa shape index (κ2) is 7.38. The van der Waals surface area contributed by atoms with Crippen molar-refractivity contribution < 1.29 is 8.81 Å². The fourth-order valence-electron chi connectivity index (χ4n) is 3.22. The molecule has 0 aliphatic rings. The number of nitriles is 1. The number of benzene rings is 1. The number of fused-ring (bicyclic) bond motifs is 1. The highest BCUT2D eigenvalue weighted by Crippen LogP contribution is 2.30. The normalized spacial score (nSPS) is 12.0. The highest BCUT2D eigenvalue weighted by Gasteiger charge is 2.24. The van der Waals surface area contributed by atoms with Gasteiger partial charge >= 0.3 is 0 Å². The third kappa shape index (κ3) is 3.18. The van der Waals surface area contributed by atoms with Gasteiger partial charge in [-0.05, 0) is 31.2 Å². The lowest BCUT2D eigenvalue weighted by Gasteiger charge is -2.08. The Bertz CT molecular complexity index is 1450. The first kappa shape index (κ1) is 18.5. The van der Waals surface area contributed by atoms with E-state index in [4.69, 9.17) is 9.68 Å². The Kier molecular flexibility index (Phi) is 4.41. The van der Waals surface area contributed by atoms with Crippen molar-refractivity contribution in [2.75, 3.05) is 0 Å². The monoisotopic (exact) mass is 412 g/mol. The fourth-order valence-corrected chi connectivity index (χ4v) is 3.22. The molecule has 0 aliphatic carbocycles. The Morgan fingerprint density at radius 3 is 2.84 bits per heavy atom. The first-order valence-electron chi connectivity index (χ1n) is 9.29. The maximum atomic E-state index is 14.1. The van der Waals surface area contributed by atoms with Crippen LogP contribution in [0.3, 0.4) is 0 Å². The van der Waals surface area contributed by atoms with Gasteiger partial charge in [0, 0.05) is 6.20 Å². The number of halogens is 1. The van der Waals surface area contributed by atoms with Crippen LogP contribution in [-0.2, 0) is 0 Å². The lowest BCUT2D eigenvalue weighted by molar-refractivity contribution is 0.421. The summed E-state index contributed by atoms with van der Waals surface area (Å²) < 4.78 is 21.4. The third-order valence-corrected chi connectivity index (χ3v) is 4.75. The second-order valence-corrected chi connectivity index (χ2v) is 6.67. The summed E-state index contributed by atoms with van der Waals surface area (Å²) in [6.07, 6.45) is 3.04. The molecule has 0 fully saturated rings. The van der Waals surface area contributed by atoms with Crippen molar-refractivity contribution in [2.24, 2.45) is 0 Å². The van der Waals surface area contributed by atoms with Gasteiger partial charge in [-0.1, -0.05) is 18.2 Å². The van der Waals surface area contributed by atoms with Gasteiger partial charge in [-0.25, -0.2) is 24.0 Å². The average Bonchev–Trinajstić information content (AvgIpc) is 3.45. The molecule has 1 atom stereocenters. The minimum Gasteiger partial charge on any atom is -0.418 e. The Morgan fingerprint density at radius 1 is 1.13 bits per heavy atom. The Balaban J connectivity index is 1.60. The lowest BCUT2D eigenvalue weighted by atomic mass is 10.2. The topological polar surface area (TPSA) is 119 Å². The summed E-state index contributed by atoms with van der Waals surface area (Å²) in [7, 11) is 0. The minimum atomic E-state index is -0.502. The minimum absolute atomic E-state index is 0.0784. The number of pyridine rings is 1. The number of hydrogen-bond acceptors (Lipinski definition) is 8. The number of aromatic nitrogens is 7. The zero-order chi connectivity index (χ0) is 21.4. The molecule has 0 saturated carbocycles. The molecule has 0 spiro atoms. The molecule has 0 aliphatic heterocycles. The molecule has 4 heterocycles. The molecule has 4 aromatic heterocycles. The van der Waals surface area contributed by atoms with E-state index in [1.54, 1.807) is 47.3 Å². The summed E-state index contributed by atoms with van der Waals surface area (Å²) in [5, 5.41) is 22.5. The fraction of sp³-hybridized carbons (Fsp3) is 0.0952. The number of nitrogens with zero attached hydrogens (tertiary/aromatic N) is 8. The Labute approximate surface area is 174 Å². The average molecular weight is 412 g/mol. The first-order valence-corrected chi connectivity index (χ1v) is 9.29. The SMILES string of the molecule is CC(c1nnc(-c2ccccc2F)o1)n1nc(-c2cccc(C#N)n2)c2cncnc21. The molecule has 5 aromatic rings. The molecule has 5 rings (SSSR count). The van der Waals surface area contributed by atoms with Crippen LogP contribution < -0.4 is 0 Å². The summed E-state index contributed by atoms with van der Waals surface area (Å²) in [5.74, 6) is -0.130. The van der Waals surface area contributed by atoms with E-state index >= 15 is 0 Å². The summed E-state index contributed by atoms with van der Waals surface area (Å²) >= 11 is 0. The molecular weight excluding hydrogens is 399 g/mol. The van der Waals surface area contributed by atoms with Crippen LogP contribution >= 0.6 is 0 Å². The molecule has 0 amide bonds. The zero-order valence-electron chi connectivity index (χ0n) is 16.1. The van der Waals surface area contributed by atoms with E-state index in [0.717, 1.165) is 0 Å². The van der Waals surface area contributed by atoms with Crippen LogP contribution in [0.2, 0.25) is 0 Å². The van der Waals surface area contributed by atoms with Crippen LogP contribution in [0.15, 0.2) is 59.4 Å². The molecule has 0 bridgehead atoms. The van der Waals surface area contributed by atoms with Gasteiger partial charge in [0.2, 0.25) is 5.89 Å². The van der Waals surface area contributed by atoms with Gasteiger partial charge in [-0.3, -0.25) is 0 Å². The van der Waals surface area contributed by atoms with Gasteiger partial charge in [0.25, 0.3) is 5.89 Å². The van der Waals surface area contributed by atoms with Crippen molar-refractivity contribution in [3.05, 3.63) is 72.4 Å². The van der Waals surface area contributed by atoms with E-state index in [1.165, 1.54) is 12.4 Å². The highest BCUT2D eigenvalue weighted by molar-refractivity contribution is 5.89. The van der Waals surface area contributed by atoms with Crippen molar-refractivity contribution in [2.45, 2.75) is 13.0 Å². The Hall–Kier alpha value is -4.52. The summed E-state index contributed by atoms with van der Waals surface area (Å²) in [6, 6.07) is 12.8. The highest BCUT2D eigenvalue weighted by atomic mass is 19.1. The van der Waals surface area contributed by atoms with Crippen LogP contribution in [-0.4, -0.2) is 34.9 Å². The standard InChI is InChI=1S/C21H13FN8O/c1-12(20-27-28-21(31-20)14-6-2-3-7-16(14)22)30-19-15(10-24-11-25-19)18(29-30)17-8-4-5-13(9-23)26-17/h2-8,10-12H,1H3. The van der Waals surface area contributed by atoms with Crippen LogP contribution in [0.4, 0.5) is 4.39 Å². The molecule has 0 saturated heterocycles. The van der Waals surface area contributed by atoms with Gasteiger partial charge in [-0.15, -0.1) is 10.2 Å². The summed E-state index contributed by atoms with van der Waals surface area (Å²) in [5.41, 5.74) is 2.07. The van der Waals surface area contributed by atoms with Crippen molar-refractivity contribution in [1.82, 2.24) is 34.9 Å². The molecule has 0 radical (unpaired) electrons. The van der Waals surface area contributed by atoms with Gasteiger partial charge in [-0.2, -0.15) is 10.4 Å². The van der Waals surface area contributed by atoms with E-state index in [-0.39, 0.29) is 23.0 Å². The van der Waals surface area contributed by atoms with Crippen molar-refractivity contribution >= 4 is 11.0 Å². The van der Waals surface area contributed by atoms with Gasteiger partial charge in [0.05, 0.1) is 16.6 Å². The first-order chi connectivity index (χ1) is 15.2. The molecule has 10 heteroatoms. The van der Waals surface area contributed by atoms with E-state index in [0.29, 0.717) is 22.4 Å². The van der Waals surface area contributed by atoms with Crippen LogP contribution in [0.25, 0.3) is 33.9 Å². The predicted molar refractivity (Wildman–Crippen MR) is 107 cm³/mol. The van der Waals surface area contributed by atoms with Gasteiger partial charge in [0.15, 0.2) is 5.65 Å². The number of rotatable bonds is 4.